The Morgan fingerprint density at radius 2 is 2.22 bits per heavy atom. The molecule has 0 amide bonds. The first-order valence-corrected chi connectivity index (χ1v) is 7.57. The Morgan fingerprint density at radius 3 is 2.94 bits per heavy atom. The van der Waals surface area contributed by atoms with Crippen LogP contribution in [-0.4, -0.2) is 23.0 Å². The lowest BCUT2D eigenvalue weighted by Gasteiger charge is -2.36. The standard InChI is InChI=1S/C15H24N2S/c1-3-4-10-17-11-6-5-7-14(17)13-8-9-15(18)16-12(13)2/h8-9,14H,3-7,10-11H2,1-2H3,(H,16,18)/t14-/m0/s1. The average molecular weight is 264 g/mol. The second-order valence-corrected chi connectivity index (χ2v) is 5.74. The van der Waals surface area contributed by atoms with Crippen molar-refractivity contribution in [3.63, 3.8) is 0 Å². The number of H-pyrrole nitrogens is 1. The molecular weight excluding hydrogens is 240 g/mol. The van der Waals surface area contributed by atoms with Gasteiger partial charge in [-0.2, -0.15) is 0 Å². The number of nitrogens with zero attached hydrogens (tertiary/aromatic N) is 1. The summed E-state index contributed by atoms with van der Waals surface area (Å²) in [5.41, 5.74) is 2.69. The maximum Gasteiger partial charge on any atom is 0.103 e. The predicted octanol–water partition coefficient (Wildman–Crippen LogP) is 4.38. The van der Waals surface area contributed by atoms with Gasteiger partial charge in [0.2, 0.25) is 0 Å². The number of piperidine rings is 1. The van der Waals surface area contributed by atoms with E-state index in [2.05, 4.69) is 29.8 Å². The van der Waals surface area contributed by atoms with E-state index in [1.54, 1.807) is 0 Å². The molecule has 1 atom stereocenters. The number of aromatic nitrogens is 1. The maximum atomic E-state index is 5.19. The molecule has 1 aromatic rings. The fraction of sp³-hybridized carbons (Fsp3) is 0.667. The molecule has 2 heterocycles. The summed E-state index contributed by atoms with van der Waals surface area (Å²) in [5, 5.41) is 0. The minimum atomic E-state index is 0.595. The van der Waals surface area contributed by atoms with Crippen molar-refractivity contribution in [2.24, 2.45) is 0 Å². The van der Waals surface area contributed by atoms with Crippen LogP contribution < -0.4 is 0 Å². The largest absolute Gasteiger partial charge is 0.350 e. The van der Waals surface area contributed by atoms with Gasteiger partial charge in [-0.1, -0.05) is 38.0 Å². The zero-order valence-electron chi connectivity index (χ0n) is 11.5. The van der Waals surface area contributed by atoms with Gasteiger partial charge in [0.25, 0.3) is 0 Å². The van der Waals surface area contributed by atoms with E-state index in [1.807, 2.05) is 6.07 Å². The topological polar surface area (TPSA) is 19.0 Å². The quantitative estimate of drug-likeness (QED) is 0.814. The van der Waals surface area contributed by atoms with E-state index in [0.717, 1.165) is 4.64 Å². The Bertz CT molecular complexity index is 438. The van der Waals surface area contributed by atoms with Gasteiger partial charge in [-0.15, -0.1) is 0 Å². The van der Waals surface area contributed by atoms with Gasteiger partial charge in [0, 0.05) is 11.7 Å². The average Bonchev–Trinajstić information content (AvgIpc) is 2.37. The fourth-order valence-corrected chi connectivity index (χ4v) is 3.14. The molecule has 1 saturated heterocycles. The molecule has 1 aliphatic rings. The fourth-order valence-electron chi connectivity index (χ4n) is 2.92. The Balaban J connectivity index is 2.19. The summed E-state index contributed by atoms with van der Waals surface area (Å²) in [6.45, 7) is 6.90. The Hall–Kier alpha value is -0.670. The van der Waals surface area contributed by atoms with Crippen LogP contribution in [0.2, 0.25) is 0 Å². The van der Waals surface area contributed by atoms with Crippen molar-refractivity contribution in [3.8, 4) is 0 Å². The third-order valence-electron chi connectivity index (χ3n) is 3.93. The zero-order chi connectivity index (χ0) is 13.0. The molecule has 1 N–H and O–H groups in total. The highest BCUT2D eigenvalue weighted by molar-refractivity contribution is 7.71. The third kappa shape index (κ3) is 3.21. The van der Waals surface area contributed by atoms with Crippen LogP contribution in [0.5, 0.6) is 0 Å². The van der Waals surface area contributed by atoms with Crippen LogP contribution in [0.4, 0.5) is 0 Å². The summed E-state index contributed by atoms with van der Waals surface area (Å²) in [5.74, 6) is 0. The zero-order valence-corrected chi connectivity index (χ0v) is 12.4. The summed E-state index contributed by atoms with van der Waals surface area (Å²) < 4.78 is 0.840. The molecule has 0 bridgehead atoms. The lowest BCUT2D eigenvalue weighted by atomic mass is 9.94. The number of nitrogens with one attached hydrogen (secondary N) is 1. The van der Waals surface area contributed by atoms with E-state index < -0.39 is 0 Å². The van der Waals surface area contributed by atoms with Crippen molar-refractivity contribution in [1.82, 2.24) is 9.88 Å². The van der Waals surface area contributed by atoms with E-state index in [1.165, 1.54) is 56.5 Å². The van der Waals surface area contributed by atoms with Gasteiger partial charge in [-0.3, -0.25) is 4.90 Å². The van der Waals surface area contributed by atoms with Crippen molar-refractivity contribution in [3.05, 3.63) is 28.0 Å². The molecule has 0 radical (unpaired) electrons. The molecule has 3 heteroatoms. The molecule has 1 aliphatic heterocycles. The summed E-state index contributed by atoms with van der Waals surface area (Å²) in [6.07, 6.45) is 6.57. The van der Waals surface area contributed by atoms with E-state index in [0.29, 0.717) is 6.04 Å². The maximum absolute atomic E-state index is 5.19. The normalized spacial score (nSPS) is 21.1. The number of likely N-dealkylation sites (tertiary alicyclic amines) is 1. The second kappa shape index (κ2) is 6.48. The lowest BCUT2D eigenvalue weighted by Crippen LogP contribution is -2.34. The Kier molecular flexibility index (Phi) is 4.95. The van der Waals surface area contributed by atoms with E-state index in [9.17, 15) is 0 Å². The van der Waals surface area contributed by atoms with Gasteiger partial charge in [-0.05, 0) is 50.9 Å². The van der Waals surface area contributed by atoms with Crippen LogP contribution >= 0.6 is 12.2 Å². The third-order valence-corrected chi connectivity index (χ3v) is 4.17. The Labute approximate surface area is 115 Å². The van der Waals surface area contributed by atoms with E-state index >= 15 is 0 Å². The van der Waals surface area contributed by atoms with Gasteiger partial charge in [0.05, 0.1) is 0 Å². The highest BCUT2D eigenvalue weighted by Gasteiger charge is 2.24. The summed E-state index contributed by atoms with van der Waals surface area (Å²) in [6, 6.07) is 4.85. The molecule has 2 nitrogen and oxygen atoms in total. The number of unbranched alkanes of at least 4 members (excludes halogenated alkanes) is 1. The molecule has 100 valence electrons. The number of aromatic amines is 1. The van der Waals surface area contributed by atoms with Crippen molar-refractivity contribution >= 4 is 12.2 Å². The SMILES string of the molecule is CCCCN1CCCC[C@H]1c1ccc(=S)[nH]c1C. The molecule has 2 rings (SSSR count). The van der Waals surface area contributed by atoms with Crippen molar-refractivity contribution in [2.75, 3.05) is 13.1 Å². The summed E-state index contributed by atoms with van der Waals surface area (Å²) in [4.78, 5) is 5.96. The van der Waals surface area contributed by atoms with Gasteiger partial charge in [0.15, 0.2) is 0 Å². The monoisotopic (exact) mass is 264 g/mol. The first-order valence-electron chi connectivity index (χ1n) is 7.16. The highest BCUT2D eigenvalue weighted by Crippen LogP contribution is 2.32. The van der Waals surface area contributed by atoms with Crippen molar-refractivity contribution < 1.29 is 0 Å². The van der Waals surface area contributed by atoms with Gasteiger partial charge >= 0.3 is 0 Å². The first-order chi connectivity index (χ1) is 8.72. The van der Waals surface area contributed by atoms with Crippen LogP contribution in [0.1, 0.15) is 56.3 Å². The highest BCUT2D eigenvalue weighted by atomic mass is 32.1. The summed E-state index contributed by atoms with van der Waals surface area (Å²) in [7, 11) is 0. The van der Waals surface area contributed by atoms with Crippen molar-refractivity contribution in [1.29, 1.82) is 0 Å². The Morgan fingerprint density at radius 1 is 1.39 bits per heavy atom. The molecule has 0 aliphatic carbocycles. The second-order valence-electron chi connectivity index (χ2n) is 5.30. The van der Waals surface area contributed by atoms with Crippen LogP contribution in [-0.2, 0) is 0 Å². The number of pyridine rings is 1. The van der Waals surface area contributed by atoms with Crippen LogP contribution in [0, 0.1) is 11.6 Å². The predicted molar refractivity (Wildman–Crippen MR) is 79.4 cm³/mol. The number of hydrogen-bond acceptors (Lipinski definition) is 2. The number of aryl methyl sites for hydroxylation is 1. The number of hydrogen-bond donors (Lipinski definition) is 1. The van der Waals surface area contributed by atoms with Gasteiger partial charge < -0.3 is 4.98 Å². The molecule has 0 aromatic carbocycles. The summed E-state index contributed by atoms with van der Waals surface area (Å²) >= 11 is 5.19. The van der Waals surface area contributed by atoms with Crippen LogP contribution in [0.25, 0.3) is 0 Å². The minimum absolute atomic E-state index is 0.595. The molecular formula is C15H24N2S. The molecule has 18 heavy (non-hydrogen) atoms. The van der Waals surface area contributed by atoms with Crippen LogP contribution in [0.15, 0.2) is 12.1 Å². The molecule has 0 unspecified atom stereocenters. The lowest BCUT2D eigenvalue weighted by molar-refractivity contribution is 0.146. The van der Waals surface area contributed by atoms with Gasteiger partial charge in [-0.25, -0.2) is 0 Å². The smallest absolute Gasteiger partial charge is 0.103 e. The van der Waals surface area contributed by atoms with Gasteiger partial charge in [0.1, 0.15) is 4.64 Å². The minimum Gasteiger partial charge on any atom is -0.350 e. The van der Waals surface area contributed by atoms with E-state index in [4.69, 9.17) is 12.2 Å². The molecule has 1 aromatic heterocycles. The molecule has 1 fully saturated rings. The molecule has 0 saturated carbocycles. The van der Waals surface area contributed by atoms with E-state index in [-0.39, 0.29) is 0 Å². The molecule has 0 spiro atoms. The van der Waals surface area contributed by atoms with Crippen molar-refractivity contribution in [2.45, 2.75) is 52.0 Å². The first kappa shape index (κ1) is 13.8. The number of rotatable bonds is 4. The van der Waals surface area contributed by atoms with Crippen LogP contribution in [0.3, 0.4) is 0 Å².